The quantitative estimate of drug-likeness (QED) is 0.776. The summed E-state index contributed by atoms with van der Waals surface area (Å²) in [5.74, 6) is 0.275. The predicted molar refractivity (Wildman–Crippen MR) is 94.2 cm³/mol. The summed E-state index contributed by atoms with van der Waals surface area (Å²) < 4.78 is 70.2. The van der Waals surface area contributed by atoms with Crippen LogP contribution >= 0.6 is 0 Å². The number of hydrogen-bond donors (Lipinski definition) is 1. The van der Waals surface area contributed by atoms with Gasteiger partial charge < -0.3 is 9.42 Å². The van der Waals surface area contributed by atoms with E-state index in [1.165, 1.54) is 4.90 Å². The molecule has 158 valence electrons. The van der Waals surface area contributed by atoms with E-state index >= 15 is 0 Å². The van der Waals surface area contributed by atoms with E-state index < -0.39 is 39.1 Å². The van der Waals surface area contributed by atoms with E-state index in [1.807, 2.05) is 0 Å². The number of carbonyl (C=O) groups is 1. The number of nitrogens with zero attached hydrogens (tertiary/aromatic N) is 3. The monoisotopic (exact) mass is 432 g/mol. The molecule has 1 fully saturated rings. The molecule has 1 aliphatic rings. The summed E-state index contributed by atoms with van der Waals surface area (Å²) in [6, 6.07) is 3.34. The molecule has 0 spiro atoms. The first-order chi connectivity index (χ1) is 13.6. The third-order valence-corrected chi connectivity index (χ3v) is 5.95. The van der Waals surface area contributed by atoms with E-state index in [9.17, 15) is 26.4 Å². The Balaban J connectivity index is 1.63. The van der Waals surface area contributed by atoms with Gasteiger partial charge in [0, 0.05) is 13.1 Å². The number of piperidine rings is 1. The number of aryl methyl sites for hydroxylation is 1. The molecular formula is C17H19F3N4O4S. The van der Waals surface area contributed by atoms with Crippen LogP contribution in [0.5, 0.6) is 0 Å². The lowest BCUT2D eigenvalue weighted by Crippen LogP contribution is -2.44. The van der Waals surface area contributed by atoms with Gasteiger partial charge in [-0.25, -0.2) is 13.1 Å². The fraction of sp³-hybridized carbons (Fsp3) is 0.471. The van der Waals surface area contributed by atoms with Crippen molar-refractivity contribution in [3.8, 4) is 0 Å². The van der Waals surface area contributed by atoms with Crippen molar-refractivity contribution in [3.63, 3.8) is 0 Å². The Kier molecular flexibility index (Phi) is 5.94. The van der Waals surface area contributed by atoms with Crippen LogP contribution in [0.4, 0.5) is 13.2 Å². The summed E-state index contributed by atoms with van der Waals surface area (Å²) in [6.45, 7) is 1.86. The molecule has 1 amide bonds. The van der Waals surface area contributed by atoms with E-state index in [0.29, 0.717) is 37.3 Å². The normalized spacial score (nSPS) is 18.1. The molecule has 1 aliphatic heterocycles. The third kappa shape index (κ3) is 5.12. The maximum atomic E-state index is 12.8. The molecular weight excluding hydrogens is 413 g/mol. The van der Waals surface area contributed by atoms with Gasteiger partial charge in [-0.1, -0.05) is 11.2 Å². The zero-order valence-electron chi connectivity index (χ0n) is 15.4. The topological polar surface area (TPSA) is 105 Å². The minimum absolute atomic E-state index is 0.144. The molecule has 1 unspecified atom stereocenters. The van der Waals surface area contributed by atoms with Crippen LogP contribution in [-0.4, -0.2) is 49.0 Å². The van der Waals surface area contributed by atoms with Crippen LogP contribution in [-0.2, 0) is 21.0 Å². The van der Waals surface area contributed by atoms with Crippen molar-refractivity contribution in [1.82, 2.24) is 19.8 Å². The number of rotatable bonds is 5. The van der Waals surface area contributed by atoms with Gasteiger partial charge in [0.25, 0.3) is 0 Å². The van der Waals surface area contributed by atoms with Crippen LogP contribution in [0.15, 0.2) is 33.7 Å². The van der Waals surface area contributed by atoms with Gasteiger partial charge in [0.1, 0.15) is 0 Å². The zero-order valence-corrected chi connectivity index (χ0v) is 16.3. The van der Waals surface area contributed by atoms with Crippen molar-refractivity contribution in [2.45, 2.75) is 36.8 Å². The minimum Gasteiger partial charge on any atom is -0.341 e. The summed E-state index contributed by atoms with van der Waals surface area (Å²) >= 11 is 0. The number of hydrogen-bond acceptors (Lipinski definition) is 6. The van der Waals surface area contributed by atoms with Crippen LogP contribution in [0.3, 0.4) is 0 Å². The van der Waals surface area contributed by atoms with E-state index in [2.05, 4.69) is 14.9 Å². The molecule has 1 saturated heterocycles. The van der Waals surface area contributed by atoms with Crippen LogP contribution in [0, 0.1) is 6.92 Å². The third-order valence-electron chi connectivity index (χ3n) is 4.55. The predicted octanol–water partition coefficient (Wildman–Crippen LogP) is 2.08. The number of aromatic nitrogens is 2. The molecule has 3 rings (SSSR count). The minimum atomic E-state index is -4.67. The molecule has 1 N–H and O–H groups in total. The first-order valence-corrected chi connectivity index (χ1v) is 10.3. The largest absolute Gasteiger partial charge is 0.416 e. The number of nitrogens with one attached hydrogen (secondary N) is 1. The average molecular weight is 432 g/mol. The van der Waals surface area contributed by atoms with E-state index in [0.717, 1.165) is 24.6 Å². The molecule has 1 atom stereocenters. The number of amides is 1. The van der Waals surface area contributed by atoms with Crippen molar-refractivity contribution < 1.29 is 30.9 Å². The summed E-state index contributed by atoms with van der Waals surface area (Å²) in [6.07, 6.45) is -3.24. The highest BCUT2D eigenvalue weighted by Crippen LogP contribution is 2.30. The molecule has 2 aromatic rings. The van der Waals surface area contributed by atoms with E-state index in [1.54, 1.807) is 6.92 Å². The Bertz CT molecular complexity index is 991. The number of carbonyl (C=O) groups excluding carboxylic acids is 1. The Morgan fingerprint density at radius 3 is 2.79 bits per heavy atom. The van der Waals surface area contributed by atoms with Gasteiger partial charge >= 0.3 is 6.18 Å². The van der Waals surface area contributed by atoms with Crippen molar-refractivity contribution in [1.29, 1.82) is 0 Å². The van der Waals surface area contributed by atoms with Gasteiger partial charge in [-0.05, 0) is 38.0 Å². The van der Waals surface area contributed by atoms with Crippen molar-refractivity contribution >= 4 is 15.9 Å². The van der Waals surface area contributed by atoms with Gasteiger partial charge in [0.05, 0.1) is 22.9 Å². The smallest absolute Gasteiger partial charge is 0.341 e. The highest BCUT2D eigenvalue weighted by molar-refractivity contribution is 7.89. The average Bonchev–Trinajstić information content (AvgIpc) is 3.12. The lowest BCUT2D eigenvalue weighted by Gasteiger charge is -2.31. The van der Waals surface area contributed by atoms with Gasteiger partial charge in [-0.15, -0.1) is 0 Å². The lowest BCUT2D eigenvalue weighted by molar-refractivity contribution is -0.137. The molecule has 0 aliphatic carbocycles. The molecule has 8 nitrogen and oxygen atoms in total. The fourth-order valence-corrected chi connectivity index (χ4v) is 4.10. The number of likely N-dealkylation sites (tertiary alicyclic amines) is 1. The first-order valence-electron chi connectivity index (χ1n) is 8.81. The molecule has 1 aromatic heterocycles. The van der Waals surface area contributed by atoms with Crippen molar-refractivity contribution in [2.75, 3.05) is 19.6 Å². The van der Waals surface area contributed by atoms with Gasteiger partial charge in [-0.3, -0.25) is 4.79 Å². The van der Waals surface area contributed by atoms with Gasteiger partial charge in [0.2, 0.25) is 21.8 Å². The highest BCUT2D eigenvalue weighted by atomic mass is 32.2. The number of alkyl halides is 3. The van der Waals surface area contributed by atoms with Gasteiger partial charge in [0.15, 0.2) is 5.82 Å². The second-order valence-corrected chi connectivity index (χ2v) is 8.48. The lowest BCUT2D eigenvalue weighted by atomic mass is 9.98. The van der Waals surface area contributed by atoms with Crippen molar-refractivity contribution in [2.24, 2.45) is 0 Å². The molecule has 0 saturated carbocycles. The number of benzene rings is 1. The van der Waals surface area contributed by atoms with Crippen molar-refractivity contribution in [3.05, 3.63) is 41.5 Å². The maximum absolute atomic E-state index is 12.8. The Morgan fingerprint density at radius 1 is 1.38 bits per heavy atom. The summed E-state index contributed by atoms with van der Waals surface area (Å²) in [7, 11) is -4.28. The summed E-state index contributed by atoms with van der Waals surface area (Å²) in [5.41, 5.74) is -1.08. The Labute approximate surface area is 165 Å². The molecule has 29 heavy (non-hydrogen) atoms. The molecule has 12 heteroatoms. The maximum Gasteiger partial charge on any atom is 0.416 e. The Morgan fingerprint density at radius 2 is 2.14 bits per heavy atom. The summed E-state index contributed by atoms with van der Waals surface area (Å²) in [5, 5.41) is 3.73. The first kappa shape index (κ1) is 21.2. The Hall–Kier alpha value is -2.47. The van der Waals surface area contributed by atoms with Gasteiger partial charge in [-0.2, -0.15) is 18.2 Å². The second-order valence-electron chi connectivity index (χ2n) is 6.71. The molecule has 2 heterocycles. The number of halogens is 3. The summed E-state index contributed by atoms with van der Waals surface area (Å²) in [4.78, 5) is 17.5. The van der Waals surface area contributed by atoms with E-state index in [4.69, 9.17) is 4.52 Å². The van der Waals surface area contributed by atoms with Crippen LogP contribution < -0.4 is 4.72 Å². The fourth-order valence-electron chi connectivity index (χ4n) is 3.08. The van der Waals surface area contributed by atoms with E-state index in [-0.39, 0.29) is 5.92 Å². The zero-order chi connectivity index (χ0) is 21.2. The standard InChI is InChI=1S/C17H19F3N4O4S/c1-11-22-16(28-23-11)12-4-3-7-24(10-12)15(25)9-21-29(26,27)14-6-2-5-13(8-14)17(18,19)20/h2,5-6,8,12,21H,3-4,7,9-10H2,1H3. The van der Waals surface area contributed by atoms with Crippen LogP contribution in [0.1, 0.15) is 36.0 Å². The molecule has 0 bridgehead atoms. The van der Waals surface area contributed by atoms with Crippen LogP contribution in [0.2, 0.25) is 0 Å². The number of sulfonamides is 1. The van der Waals surface area contributed by atoms with Crippen LogP contribution in [0.25, 0.3) is 0 Å². The highest BCUT2D eigenvalue weighted by Gasteiger charge is 2.32. The SMILES string of the molecule is Cc1noc(C2CCCN(C(=O)CNS(=O)(=O)c3cccc(C(F)(F)F)c3)C2)n1. The molecule has 0 radical (unpaired) electrons. The molecule has 1 aromatic carbocycles. The second kappa shape index (κ2) is 8.11.